The number of nitrogens with zero attached hydrogens (tertiary/aromatic N) is 1. The molecule has 0 aliphatic carbocycles. The van der Waals surface area contributed by atoms with E-state index in [1.54, 1.807) is 0 Å². The van der Waals surface area contributed by atoms with Crippen LogP contribution < -0.4 is 4.74 Å². The molecule has 0 radical (unpaired) electrons. The highest BCUT2D eigenvalue weighted by Gasteiger charge is 2.18. The van der Waals surface area contributed by atoms with Gasteiger partial charge in [0.1, 0.15) is 0 Å². The van der Waals surface area contributed by atoms with Crippen LogP contribution in [0, 0.1) is 10.1 Å². The molecule has 0 saturated heterocycles. The Hall–Kier alpha value is -1.82. The van der Waals surface area contributed by atoms with Crippen molar-refractivity contribution >= 4 is 23.3 Å². The van der Waals surface area contributed by atoms with Crippen LogP contribution in [0.25, 0.3) is 0 Å². The number of rotatable bonds is 6. The van der Waals surface area contributed by atoms with Gasteiger partial charge in [-0.15, -0.1) is 11.6 Å². The highest BCUT2D eigenvalue weighted by atomic mass is 35.5. The average Bonchev–Trinajstić information content (AvgIpc) is 2.38. The Kier molecular flexibility index (Phi) is 5.38. The summed E-state index contributed by atoms with van der Waals surface area (Å²) in [6, 6.07) is 3.91. The van der Waals surface area contributed by atoms with Gasteiger partial charge in [0.05, 0.1) is 24.2 Å². The zero-order chi connectivity index (χ0) is 13.5. The van der Waals surface area contributed by atoms with Crippen molar-refractivity contribution in [1.82, 2.24) is 0 Å². The van der Waals surface area contributed by atoms with E-state index in [1.807, 2.05) is 0 Å². The highest BCUT2D eigenvalue weighted by Crippen LogP contribution is 2.28. The van der Waals surface area contributed by atoms with Crippen molar-refractivity contribution in [2.24, 2.45) is 0 Å². The van der Waals surface area contributed by atoms with Crippen LogP contribution in [0.4, 0.5) is 5.69 Å². The molecule has 6 nitrogen and oxygen atoms in total. The fourth-order valence-electron chi connectivity index (χ4n) is 1.26. The fourth-order valence-corrected chi connectivity index (χ4v) is 1.37. The molecule has 98 valence electrons. The molecule has 0 aliphatic heterocycles. The van der Waals surface area contributed by atoms with Gasteiger partial charge >= 0.3 is 11.7 Å². The second kappa shape index (κ2) is 6.80. The first-order chi connectivity index (χ1) is 8.60. The number of ether oxygens (including phenoxy) is 2. The van der Waals surface area contributed by atoms with Crippen molar-refractivity contribution in [2.45, 2.75) is 6.42 Å². The van der Waals surface area contributed by atoms with E-state index >= 15 is 0 Å². The zero-order valence-corrected chi connectivity index (χ0v) is 10.5. The van der Waals surface area contributed by atoms with Crippen LogP contribution in [0.3, 0.4) is 0 Å². The molecule has 0 atom stereocenters. The predicted molar refractivity (Wildman–Crippen MR) is 65.3 cm³/mol. The normalized spacial score (nSPS) is 9.89. The first kappa shape index (κ1) is 14.2. The van der Waals surface area contributed by atoms with Gasteiger partial charge in [0.25, 0.3) is 0 Å². The number of nitro groups is 1. The number of hydrogen-bond donors (Lipinski definition) is 0. The van der Waals surface area contributed by atoms with Crippen LogP contribution in [0.15, 0.2) is 18.2 Å². The second-order valence-corrected chi connectivity index (χ2v) is 3.70. The summed E-state index contributed by atoms with van der Waals surface area (Å²) >= 11 is 5.48. The minimum Gasteiger partial charge on any atom is -0.487 e. The van der Waals surface area contributed by atoms with Crippen molar-refractivity contribution < 1.29 is 19.2 Å². The summed E-state index contributed by atoms with van der Waals surface area (Å²) in [6.45, 7) is 0.280. The Morgan fingerprint density at radius 2 is 2.22 bits per heavy atom. The molecule has 1 rings (SSSR count). The molecule has 1 aromatic carbocycles. The smallest absolute Gasteiger partial charge is 0.338 e. The first-order valence-electron chi connectivity index (χ1n) is 5.15. The largest absolute Gasteiger partial charge is 0.487 e. The molecular weight excluding hydrogens is 262 g/mol. The summed E-state index contributed by atoms with van der Waals surface area (Å²) in [5.74, 6) is -0.114. The van der Waals surface area contributed by atoms with Gasteiger partial charge in [-0.3, -0.25) is 10.1 Å². The molecule has 7 heteroatoms. The minimum atomic E-state index is -0.634. The van der Waals surface area contributed by atoms with Crippen LogP contribution in [0.1, 0.15) is 16.8 Å². The summed E-state index contributed by atoms with van der Waals surface area (Å²) < 4.78 is 9.72. The van der Waals surface area contributed by atoms with Crippen LogP contribution >= 0.6 is 11.6 Å². The number of esters is 1. The summed E-state index contributed by atoms with van der Waals surface area (Å²) in [5.41, 5.74) is -0.165. The third kappa shape index (κ3) is 3.59. The average molecular weight is 274 g/mol. The van der Waals surface area contributed by atoms with E-state index in [4.69, 9.17) is 16.3 Å². The second-order valence-electron chi connectivity index (χ2n) is 3.32. The number of carbonyl (C=O) groups excluding carboxylic acids is 1. The van der Waals surface area contributed by atoms with E-state index in [-0.39, 0.29) is 23.6 Å². The van der Waals surface area contributed by atoms with Crippen molar-refractivity contribution in [3.63, 3.8) is 0 Å². The maximum atomic E-state index is 11.3. The van der Waals surface area contributed by atoms with E-state index in [0.717, 1.165) is 6.07 Å². The van der Waals surface area contributed by atoms with Gasteiger partial charge in [-0.1, -0.05) is 0 Å². The molecule has 0 spiro atoms. The Bertz CT molecular complexity index is 449. The Morgan fingerprint density at radius 3 is 2.78 bits per heavy atom. The molecule has 0 fully saturated rings. The van der Waals surface area contributed by atoms with Crippen LogP contribution in [-0.4, -0.2) is 30.5 Å². The van der Waals surface area contributed by atoms with Gasteiger partial charge in [-0.2, -0.15) is 0 Å². The highest BCUT2D eigenvalue weighted by molar-refractivity contribution is 6.17. The van der Waals surface area contributed by atoms with E-state index in [0.29, 0.717) is 12.3 Å². The van der Waals surface area contributed by atoms with Crippen molar-refractivity contribution in [3.05, 3.63) is 33.9 Å². The Balaban J connectivity index is 2.97. The number of carbonyl (C=O) groups is 1. The quantitative estimate of drug-likeness (QED) is 0.261. The molecular formula is C11H12ClNO5. The van der Waals surface area contributed by atoms with Crippen molar-refractivity contribution in [3.8, 4) is 5.75 Å². The number of hydrogen-bond acceptors (Lipinski definition) is 5. The monoisotopic (exact) mass is 273 g/mol. The molecule has 0 saturated carbocycles. The summed E-state index contributed by atoms with van der Waals surface area (Å²) in [5, 5.41) is 10.9. The minimum absolute atomic E-state index is 0.105. The Labute approximate surface area is 109 Å². The van der Waals surface area contributed by atoms with Gasteiger partial charge in [-0.05, 0) is 18.6 Å². The maximum Gasteiger partial charge on any atom is 0.338 e. The van der Waals surface area contributed by atoms with Gasteiger partial charge in [0, 0.05) is 11.9 Å². The standard InChI is InChI=1S/C11H12ClNO5/c1-17-11(14)8-3-4-10(18-6-2-5-12)9(7-8)13(15)16/h3-4,7H,2,5-6H2,1H3. The number of benzene rings is 1. The fraction of sp³-hybridized carbons (Fsp3) is 0.364. The molecule has 0 heterocycles. The van der Waals surface area contributed by atoms with Crippen LogP contribution in [0.2, 0.25) is 0 Å². The number of alkyl halides is 1. The van der Waals surface area contributed by atoms with E-state index in [1.165, 1.54) is 19.2 Å². The van der Waals surface area contributed by atoms with E-state index in [2.05, 4.69) is 4.74 Å². The molecule has 18 heavy (non-hydrogen) atoms. The topological polar surface area (TPSA) is 78.7 Å². The molecule has 1 aromatic rings. The molecule has 0 aliphatic rings. The van der Waals surface area contributed by atoms with Crippen LogP contribution in [0.5, 0.6) is 5.75 Å². The van der Waals surface area contributed by atoms with Crippen molar-refractivity contribution in [1.29, 1.82) is 0 Å². The zero-order valence-electron chi connectivity index (χ0n) is 9.72. The third-order valence-electron chi connectivity index (χ3n) is 2.11. The van der Waals surface area contributed by atoms with Gasteiger partial charge < -0.3 is 9.47 Å². The molecule has 0 amide bonds. The number of nitro benzene ring substituents is 1. The van der Waals surface area contributed by atoms with Crippen molar-refractivity contribution in [2.75, 3.05) is 19.6 Å². The van der Waals surface area contributed by atoms with E-state index < -0.39 is 10.9 Å². The lowest BCUT2D eigenvalue weighted by molar-refractivity contribution is -0.385. The molecule has 0 aromatic heterocycles. The lowest BCUT2D eigenvalue weighted by Crippen LogP contribution is -2.05. The van der Waals surface area contributed by atoms with Gasteiger partial charge in [-0.25, -0.2) is 4.79 Å². The molecule has 0 unspecified atom stereocenters. The molecule has 0 bridgehead atoms. The van der Waals surface area contributed by atoms with Crippen LogP contribution in [-0.2, 0) is 4.74 Å². The maximum absolute atomic E-state index is 11.3. The van der Waals surface area contributed by atoms with E-state index in [9.17, 15) is 14.9 Å². The Morgan fingerprint density at radius 1 is 1.50 bits per heavy atom. The number of halogens is 1. The lowest BCUT2D eigenvalue weighted by Gasteiger charge is -2.06. The first-order valence-corrected chi connectivity index (χ1v) is 5.69. The summed E-state index contributed by atoms with van der Waals surface area (Å²) in [4.78, 5) is 21.5. The SMILES string of the molecule is COC(=O)c1ccc(OCCCCl)c([N+](=O)[O-])c1. The van der Waals surface area contributed by atoms with Gasteiger partial charge in [0.2, 0.25) is 0 Å². The third-order valence-corrected chi connectivity index (χ3v) is 2.38. The summed E-state index contributed by atoms with van der Waals surface area (Å²) in [7, 11) is 1.21. The lowest BCUT2D eigenvalue weighted by atomic mass is 10.2. The predicted octanol–water partition coefficient (Wildman–Crippen LogP) is 2.39. The summed E-state index contributed by atoms with van der Waals surface area (Å²) in [6.07, 6.45) is 0.581. The number of methoxy groups -OCH3 is 1. The van der Waals surface area contributed by atoms with Gasteiger partial charge in [0.15, 0.2) is 5.75 Å². The molecule has 0 N–H and O–H groups in total.